The molecule has 0 fully saturated rings. The third kappa shape index (κ3) is 3.93. The summed E-state index contributed by atoms with van der Waals surface area (Å²) in [7, 11) is 1.65. The third-order valence-electron chi connectivity index (χ3n) is 5.58. The maximum absolute atomic E-state index is 8.29. The molecule has 3 aromatic carbocycles. The smallest absolute Gasteiger partial charge is 0.201 e. The van der Waals surface area contributed by atoms with Crippen LogP contribution in [0.25, 0.3) is 33.5 Å². The minimum Gasteiger partial charge on any atom is -0.201 e. The molecule has 0 spiro atoms. The maximum atomic E-state index is 8.29. The monoisotopic (exact) mass is 418 g/mol. The first-order chi connectivity index (χ1) is 19.6. The lowest BCUT2D eigenvalue weighted by Gasteiger charge is -2.15. The second-order valence-corrected chi connectivity index (χ2v) is 7.91. The van der Waals surface area contributed by atoms with E-state index in [1.165, 1.54) is 24.4 Å². The van der Waals surface area contributed by atoms with Gasteiger partial charge in [0.2, 0.25) is 5.69 Å². The van der Waals surface area contributed by atoms with Crippen LogP contribution in [0.4, 0.5) is 0 Å². The van der Waals surface area contributed by atoms with E-state index in [0.29, 0.717) is 27.9 Å². The Morgan fingerprint density at radius 1 is 0.645 bits per heavy atom. The van der Waals surface area contributed by atoms with Crippen molar-refractivity contribution in [2.75, 3.05) is 0 Å². The average molecular weight is 419 g/mol. The van der Waals surface area contributed by atoms with Crippen molar-refractivity contribution in [2.24, 2.45) is 7.05 Å². The quantitative estimate of drug-likeness (QED) is 0.306. The van der Waals surface area contributed by atoms with Crippen molar-refractivity contribution in [3.8, 4) is 33.5 Å². The fourth-order valence-corrected chi connectivity index (χ4v) is 4.00. The van der Waals surface area contributed by atoms with E-state index in [1.54, 1.807) is 54.9 Å². The molecule has 0 saturated heterocycles. The Morgan fingerprint density at radius 3 is 2.06 bits per heavy atom. The van der Waals surface area contributed by atoms with Crippen molar-refractivity contribution in [1.82, 2.24) is 0 Å². The van der Waals surface area contributed by atoms with Crippen LogP contribution in [0.3, 0.4) is 0 Å². The number of aryl methyl sites for hydroxylation is 7. The zero-order chi connectivity index (χ0) is 32.3. The van der Waals surface area contributed by atoms with E-state index in [-0.39, 0.29) is 33.4 Å². The summed E-state index contributed by atoms with van der Waals surface area (Å²) in [5.74, 6) is 0. The lowest BCUT2D eigenvalue weighted by Crippen LogP contribution is -2.31. The lowest BCUT2D eigenvalue weighted by atomic mass is 9.90. The first-order valence-corrected chi connectivity index (χ1v) is 10.0. The Morgan fingerprint density at radius 2 is 1.35 bits per heavy atom. The topological polar surface area (TPSA) is 3.88 Å². The Balaban J connectivity index is 2.12. The Labute approximate surface area is 203 Å². The van der Waals surface area contributed by atoms with E-state index in [0.717, 1.165) is 5.56 Å². The van der Waals surface area contributed by atoms with Gasteiger partial charge in [-0.2, -0.15) is 0 Å². The molecule has 156 valence electrons. The molecule has 0 aliphatic rings. The molecule has 0 radical (unpaired) electrons. The normalized spacial score (nSPS) is 18.4. The first-order valence-electron chi connectivity index (χ1n) is 16.0. The van der Waals surface area contributed by atoms with Crippen LogP contribution in [0.1, 0.15) is 49.8 Å². The van der Waals surface area contributed by atoms with Gasteiger partial charge in [0.05, 0.1) is 0 Å². The van der Waals surface area contributed by atoms with E-state index in [1.807, 2.05) is 13.0 Å². The van der Waals surface area contributed by atoms with Crippen LogP contribution in [0, 0.1) is 41.3 Å². The summed E-state index contributed by atoms with van der Waals surface area (Å²) in [6.07, 6.45) is 1.38. The van der Waals surface area contributed by atoms with Crippen molar-refractivity contribution in [1.29, 1.82) is 0 Å². The molecule has 0 amide bonds. The maximum Gasteiger partial charge on any atom is 0.213 e. The van der Waals surface area contributed by atoms with Crippen LogP contribution in [0.15, 0.2) is 66.9 Å². The molecule has 0 atom stereocenters. The number of aromatic nitrogens is 1. The van der Waals surface area contributed by atoms with Crippen LogP contribution in [-0.2, 0) is 7.05 Å². The van der Waals surface area contributed by atoms with Crippen molar-refractivity contribution in [3.63, 3.8) is 0 Å². The summed E-state index contributed by atoms with van der Waals surface area (Å²) in [5, 5.41) is 0. The van der Waals surface area contributed by atoms with Gasteiger partial charge in [0, 0.05) is 33.6 Å². The molecule has 1 aromatic heterocycles. The number of nitrogens with zero attached hydrogens (tertiary/aromatic N) is 1. The summed E-state index contributed by atoms with van der Waals surface area (Å²) in [5.41, 5.74) is 2.79. The summed E-state index contributed by atoms with van der Waals surface area (Å²) >= 11 is 0. The highest BCUT2D eigenvalue weighted by atomic mass is 14.9. The van der Waals surface area contributed by atoms with Crippen molar-refractivity contribution in [3.05, 3.63) is 100 Å². The van der Waals surface area contributed by atoms with Crippen LogP contribution < -0.4 is 4.57 Å². The fourth-order valence-electron chi connectivity index (χ4n) is 4.00. The van der Waals surface area contributed by atoms with Gasteiger partial charge in [-0.15, -0.1) is 0 Å². The lowest BCUT2D eigenvalue weighted by molar-refractivity contribution is -0.660. The van der Waals surface area contributed by atoms with Crippen molar-refractivity contribution in [2.45, 2.75) is 41.3 Å². The molecule has 1 nitrogen and oxygen atoms in total. The van der Waals surface area contributed by atoms with Gasteiger partial charge in [-0.05, 0) is 91.8 Å². The second-order valence-electron chi connectivity index (χ2n) is 7.91. The molecule has 31 heavy (non-hydrogen) atoms. The molecule has 0 saturated carbocycles. The van der Waals surface area contributed by atoms with Gasteiger partial charge in [-0.3, -0.25) is 0 Å². The standard InChI is InChI=1S/C30H32N/c1-19-14-22(4)30(23(5)15-19)28-17-29(31(7)18-24(28)6)27-16-25(13-12-21(27)3)26-11-9-8-10-20(26)2/h8-18H,1-7H3/q+1/i2D3,4D3,5D3,6D3. The summed E-state index contributed by atoms with van der Waals surface area (Å²) in [6.45, 7) is -7.09. The molecule has 0 aliphatic heterocycles. The predicted octanol–water partition coefficient (Wildman–Crippen LogP) is 7.36. The van der Waals surface area contributed by atoms with E-state index in [9.17, 15) is 0 Å². The van der Waals surface area contributed by atoms with Gasteiger partial charge in [0.1, 0.15) is 7.05 Å². The first kappa shape index (κ1) is 10.9. The largest absolute Gasteiger partial charge is 0.213 e. The van der Waals surface area contributed by atoms with Crippen LogP contribution in [0.2, 0.25) is 0 Å². The number of rotatable bonds is 3. The van der Waals surface area contributed by atoms with Gasteiger partial charge >= 0.3 is 0 Å². The van der Waals surface area contributed by atoms with Crippen LogP contribution in [-0.4, -0.2) is 0 Å². The van der Waals surface area contributed by atoms with E-state index < -0.39 is 27.4 Å². The van der Waals surface area contributed by atoms with E-state index >= 15 is 0 Å². The molecule has 0 bridgehead atoms. The highest BCUT2D eigenvalue weighted by molar-refractivity contribution is 5.79. The molecule has 1 heteroatoms. The Hall–Kier alpha value is -3.19. The van der Waals surface area contributed by atoms with E-state index in [2.05, 4.69) is 0 Å². The molecular weight excluding hydrogens is 374 g/mol. The number of benzene rings is 3. The zero-order valence-electron chi connectivity index (χ0n) is 29.8. The van der Waals surface area contributed by atoms with Gasteiger partial charge in [-0.1, -0.05) is 54.1 Å². The molecule has 4 aromatic rings. The Bertz CT molecular complexity index is 1650. The average Bonchev–Trinajstić information content (AvgIpc) is 2.86. The minimum absolute atomic E-state index is 0.0157. The number of hydrogen-bond acceptors (Lipinski definition) is 0. The van der Waals surface area contributed by atoms with Crippen molar-refractivity contribution < 1.29 is 21.0 Å². The van der Waals surface area contributed by atoms with Gasteiger partial charge in [0.25, 0.3) is 0 Å². The van der Waals surface area contributed by atoms with Crippen molar-refractivity contribution >= 4 is 0 Å². The number of pyridine rings is 1. The SMILES string of the molecule is [2H]C([2H])([2H])c1ccccc1-c1ccc(C)c(-c2cc(-c3c(C([2H])([2H])[2H])cc(C)cc3C([2H])([2H])[2H])c(C([2H])([2H])[2H])c[n+]2C)c1. The van der Waals surface area contributed by atoms with Gasteiger partial charge in [0.15, 0.2) is 6.20 Å². The molecule has 0 unspecified atom stereocenters. The van der Waals surface area contributed by atoms with Gasteiger partial charge < -0.3 is 0 Å². The highest BCUT2D eigenvalue weighted by Gasteiger charge is 2.19. The molecular formula is C30H32N+. The molecule has 0 aliphatic carbocycles. The summed E-state index contributed by atoms with van der Waals surface area (Å²) in [6, 6.07) is 16.4. The molecule has 0 N–H and O–H groups in total. The zero-order valence-corrected chi connectivity index (χ0v) is 17.8. The molecule has 4 rings (SSSR count). The second kappa shape index (κ2) is 8.15. The highest BCUT2D eigenvalue weighted by Crippen LogP contribution is 2.35. The van der Waals surface area contributed by atoms with Crippen LogP contribution in [0.5, 0.6) is 0 Å². The minimum atomic E-state index is -2.74. The predicted molar refractivity (Wildman–Crippen MR) is 132 cm³/mol. The molecule has 1 heterocycles. The number of hydrogen-bond donors (Lipinski definition) is 0. The van der Waals surface area contributed by atoms with Crippen LogP contribution >= 0.6 is 0 Å². The van der Waals surface area contributed by atoms with Gasteiger partial charge in [-0.25, -0.2) is 4.57 Å². The Kier molecular flexibility index (Phi) is 2.87. The summed E-state index contributed by atoms with van der Waals surface area (Å²) < 4.78 is 99.9. The fraction of sp³-hybridized carbons (Fsp3) is 0.233. The van der Waals surface area contributed by atoms with E-state index in [4.69, 9.17) is 16.4 Å². The third-order valence-corrected chi connectivity index (χ3v) is 5.58. The summed E-state index contributed by atoms with van der Waals surface area (Å²) in [4.78, 5) is 0.